The molecule has 1 atom stereocenters. The molecule has 0 bridgehead atoms. The fourth-order valence-electron chi connectivity index (χ4n) is 5.02. The SMILES string of the molecule is CCn1ccc(C(=O)N2CCCC3(CCOCC3)C2C(=O)N2CCCC2)n1. The molecule has 2 amide bonds. The Morgan fingerprint density at radius 1 is 1.15 bits per heavy atom. The summed E-state index contributed by atoms with van der Waals surface area (Å²) in [7, 11) is 0. The summed E-state index contributed by atoms with van der Waals surface area (Å²) in [5.41, 5.74) is 0.291. The highest BCUT2D eigenvalue weighted by atomic mass is 16.5. The molecule has 0 aliphatic carbocycles. The molecule has 0 aromatic carbocycles. The van der Waals surface area contributed by atoms with Crippen LogP contribution in [0.5, 0.6) is 0 Å². The lowest BCUT2D eigenvalue weighted by atomic mass is 9.67. The zero-order chi connectivity index (χ0) is 18.9. The zero-order valence-corrected chi connectivity index (χ0v) is 16.2. The third kappa shape index (κ3) is 3.37. The Kier molecular flexibility index (Phi) is 5.21. The van der Waals surface area contributed by atoms with E-state index in [0.29, 0.717) is 25.5 Å². The van der Waals surface area contributed by atoms with E-state index >= 15 is 0 Å². The number of amides is 2. The van der Waals surface area contributed by atoms with E-state index in [1.807, 2.05) is 22.9 Å². The van der Waals surface area contributed by atoms with Crippen LogP contribution in [0.3, 0.4) is 0 Å². The number of aryl methyl sites for hydroxylation is 1. The van der Waals surface area contributed by atoms with E-state index in [0.717, 1.165) is 58.2 Å². The van der Waals surface area contributed by atoms with E-state index in [9.17, 15) is 9.59 Å². The first-order valence-corrected chi connectivity index (χ1v) is 10.4. The van der Waals surface area contributed by atoms with Crippen LogP contribution in [0.4, 0.5) is 0 Å². The van der Waals surface area contributed by atoms with Gasteiger partial charge in [0, 0.05) is 51.0 Å². The summed E-state index contributed by atoms with van der Waals surface area (Å²) < 4.78 is 7.37. The van der Waals surface area contributed by atoms with Crippen molar-refractivity contribution in [2.24, 2.45) is 5.41 Å². The minimum atomic E-state index is -0.382. The van der Waals surface area contributed by atoms with Crippen molar-refractivity contribution in [1.82, 2.24) is 19.6 Å². The number of rotatable bonds is 3. The fraction of sp³-hybridized carbons (Fsp3) is 0.750. The summed E-state index contributed by atoms with van der Waals surface area (Å²) in [6.45, 7) is 6.34. The standard InChI is InChI=1S/C20H30N4O3/c1-2-23-13-6-16(21-23)18(25)24-12-5-7-20(8-14-27-15-9-20)17(24)19(26)22-10-3-4-11-22/h6,13,17H,2-5,7-12,14-15H2,1H3. The number of piperidine rings is 1. The minimum absolute atomic E-state index is 0.106. The minimum Gasteiger partial charge on any atom is -0.381 e. The second-order valence-corrected chi connectivity index (χ2v) is 8.07. The van der Waals surface area contributed by atoms with Gasteiger partial charge in [-0.25, -0.2) is 0 Å². The predicted octanol–water partition coefficient (Wildman–Crippen LogP) is 1.93. The van der Waals surface area contributed by atoms with Gasteiger partial charge in [0.25, 0.3) is 5.91 Å². The highest BCUT2D eigenvalue weighted by molar-refractivity contribution is 5.96. The van der Waals surface area contributed by atoms with Crippen LogP contribution in [0.2, 0.25) is 0 Å². The molecule has 3 aliphatic heterocycles. The lowest BCUT2D eigenvalue weighted by Gasteiger charge is -2.51. The van der Waals surface area contributed by atoms with Crippen molar-refractivity contribution in [2.75, 3.05) is 32.8 Å². The van der Waals surface area contributed by atoms with Crippen LogP contribution in [0, 0.1) is 5.41 Å². The molecule has 3 fully saturated rings. The molecule has 0 radical (unpaired) electrons. The number of likely N-dealkylation sites (tertiary alicyclic amines) is 2. The zero-order valence-electron chi connectivity index (χ0n) is 16.2. The molecule has 7 nitrogen and oxygen atoms in total. The number of hydrogen-bond donors (Lipinski definition) is 0. The van der Waals surface area contributed by atoms with E-state index in [1.165, 1.54) is 0 Å². The van der Waals surface area contributed by atoms with Gasteiger partial charge in [0.1, 0.15) is 11.7 Å². The van der Waals surface area contributed by atoms with Gasteiger partial charge >= 0.3 is 0 Å². The highest BCUT2D eigenvalue weighted by Gasteiger charge is 2.52. The summed E-state index contributed by atoms with van der Waals surface area (Å²) in [5.74, 6) is 0.0303. The molecular formula is C20H30N4O3. The lowest BCUT2D eigenvalue weighted by Crippen LogP contribution is -2.62. The summed E-state index contributed by atoms with van der Waals surface area (Å²) in [4.78, 5) is 30.7. The first kappa shape index (κ1) is 18.5. The van der Waals surface area contributed by atoms with Gasteiger partial charge in [-0.05, 0) is 51.5 Å². The third-order valence-electron chi connectivity index (χ3n) is 6.55. The van der Waals surface area contributed by atoms with Crippen LogP contribution < -0.4 is 0 Å². The molecule has 4 heterocycles. The molecule has 1 spiro atoms. The van der Waals surface area contributed by atoms with Gasteiger partial charge in [0.15, 0.2) is 0 Å². The number of ether oxygens (including phenoxy) is 1. The Morgan fingerprint density at radius 2 is 1.89 bits per heavy atom. The Hall–Kier alpha value is -1.89. The van der Waals surface area contributed by atoms with E-state index in [2.05, 4.69) is 5.10 Å². The average Bonchev–Trinajstić information content (AvgIpc) is 3.39. The van der Waals surface area contributed by atoms with Crippen molar-refractivity contribution in [3.05, 3.63) is 18.0 Å². The van der Waals surface area contributed by atoms with E-state index in [4.69, 9.17) is 4.74 Å². The van der Waals surface area contributed by atoms with Crippen molar-refractivity contribution in [2.45, 2.75) is 58.0 Å². The van der Waals surface area contributed by atoms with Crippen LogP contribution >= 0.6 is 0 Å². The summed E-state index contributed by atoms with van der Waals surface area (Å²) in [5, 5.41) is 4.40. The van der Waals surface area contributed by atoms with Crippen molar-refractivity contribution in [1.29, 1.82) is 0 Å². The van der Waals surface area contributed by atoms with Gasteiger partial charge < -0.3 is 14.5 Å². The van der Waals surface area contributed by atoms with E-state index < -0.39 is 0 Å². The number of nitrogens with zero attached hydrogens (tertiary/aromatic N) is 4. The molecule has 0 saturated carbocycles. The smallest absolute Gasteiger partial charge is 0.275 e. The predicted molar refractivity (Wildman–Crippen MR) is 100 cm³/mol. The molecule has 148 valence electrons. The van der Waals surface area contributed by atoms with Crippen LogP contribution in [0.1, 0.15) is 55.9 Å². The lowest BCUT2D eigenvalue weighted by molar-refractivity contribution is -0.147. The number of hydrogen-bond acceptors (Lipinski definition) is 4. The second-order valence-electron chi connectivity index (χ2n) is 8.07. The van der Waals surface area contributed by atoms with Crippen LogP contribution in [0.15, 0.2) is 12.3 Å². The molecule has 1 aromatic rings. The van der Waals surface area contributed by atoms with E-state index in [1.54, 1.807) is 10.7 Å². The molecule has 1 unspecified atom stereocenters. The highest BCUT2D eigenvalue weighted by Crippen LogP contribution is 2.45. The van der Waals surface area contributed by atoms with Gasteiger partial charge in [-0.2, -0.15) is 5.10 Å². The Balaban J connectivity index is 1.66. The molecule has 0 N–H and O–H groups in total. The van der Waals surface area contributed by atoms with Crippen LogP contribution in [-0.2, 0) is 16.1 Å². The molecule has 3 saturated heterocycles. The average molecular weight is 374 g/mol. The Morgan fingerprint density at radius 3 is 2.56 bits per heavy atom. The maximum atomic E-state index is 13.5. The second kappa shape index (κ2) is 7.62. The van der Waals surface area contributed by atoms with Crippen LogP contribution in [0.25, 0.3) is 0 Å². The molecule has 4 rings (SSSR count). The van der Waals surface area contributed by atoms with Gasteiger partial charge in [-0.3, -0.25) is 14.3 Å². The largest absolute Gasteiger partial charge is 0.381 e. The summed E-state index contributed by atoms with van der Waals surface area (Å²) in [6, 6.07) is 1.39. The molecule has 7 heteroatoms. The van der Waals surface area contributed by atoms with Gasteiger partial charge in [-0.1, -0.05) is 0 Å². The number of carbonyl (C=O) groups excluding carboxylic acids is 2. The quantitative estimate of drug-likeness (QED) is 0.811. The monoisotopic (exact) mass is 374 g/mol. The Bertz CT molecular complexity index is 684. The van der Waals surface area contributed by atoms with Gasteiger partial charge in [-0.15, -0.1) is 0 Å². The van der Waals surface area contributed by atoms with Gasteiger partial charge in [0.05, 0.1) is 0 Å². The maximum absolute atomic E-state index is 13.5. The van der Waals surface area contributed by atoms with Crippen LogP contribution in [-0.4, -0.2) is 70.3 Å². The topological polar surface area (TPSA) is 67.7 Å². The number of carbonyl (C=O) groups is 2. The van der Waals surface area contributed by atoms with Crippen molar-refractivity contribution >= 4 is 11.8 Å². The van der Waals surface area contributed by atoms with Crippen molar-refractivity contribution in [3.8, 4) is 0 Å². The molecule has 27 heavy (non-hydrogen) atoms. The fourth-order valence-corrected chi connectivity index (χ4v) is 5.02. The van der Waals surface area contributed by atoms with Crippen molar-refractivity contribution < 1.29 is 14.3 Å². The summed E-state index contributed by atoms with van der Waals surface area (Å²) in [6.07, 6.45) is 7.58. The molecular weight excluding hydrogens is 344 g/mol. The number of aromatic nitrogens is 2. The third-order valence-corrected chi connectivity index (χ3v) is 6.55. The molecule has 3 aliphatic rings. The first-order chi connectivity index (χ1) is 13.1. The van der Waals surface area contributed by atoms with Gasteiger partial charge in [0.2, 0.25) is 5.91 Å². The van der Waals surface area contributed by atoms with E-state index in [-0.39, 0.29) is 23.3 Å². The normalized spacial score (nSPS) is 25.1. The first-order valence-electron chi connectivity index (χ1n) is 10.4. The Labute approximate surface area is 160 Å². The molecule has 1 aromatic heterocycles. The summed E-state index contributed by atoms with van der Waals surface area (Å²) >= 11 is 0. The van der Waals surface area contributed by atoms with Crippen molar-refractivity contribution in [3.63, 3.8) is 0 Å². The maximum Gasteiger partial charge on any atom is 0.275 e.